The highest BCUT2D eigenvalue weighted by atomic mass is 35.6. The summed E-state index contributed by atoms with van der Waals surface area (Å²) >= 11 is 15.6. The van der Waals surface area contributed by atoms with Crippen molar-refractivity contribution in [1.82, 2.24) is 0 Å². The average Bonchev–Trinajstić information content (AvgIpc) is 1.99. The number of hydrogen-bond donors (Lipinski definition) is 0. The summed E-state index contributed by atoms with van der Waals surface area (Å²) in [5, 5.41) is 0. The summed E-state index contributed by atoms with van der Waals surface area (Å²) in [6.45, 7) is 0. The van der Waals surface area contributed by atoms with Gasteiger partial charge in [0.05, 0.1) is 0 Å². The number of rotatable bonds is 1. The van der Waals surface area contributed by atoms with Crippen LogP contribution in [0.3, 0.4) is 0 Å². The largest absolute Gasteiger partial charge is 0.310 e. The van der Waals surface area contributed by atoms with Crippen molar-refractivity contribution in [3.8, 4) is 0 Å². The maximum absolute atomic E-state index is 12.6. The molecule has 0 nitrogen and oxygen atoms in total. The van der Waals surface area contributed by atoms with E-state index in [4.69, 9.17) is 34.8 Å². The highest BCUT2D eigenvalue weighted by molar-refractivity contribution is 8.45. The van der Waals surface area contributed by atoms with Crippen LogP contribution in [0.15, 0.2) is 29.2 Å². The predicted octanol–water partition coefficient (Wildman–Crippen LogP) is 6.17. The Morgan fingerprint density at radius 2 is 1.31 bits per heavy atom. The Morgan fingerprint density at radius 3 is 1.62 bits per heavy atom. The summed E-state index contributed by atoms with van der Waals surface area (Å²) in [5.41, 5.74) is -1.08. The maximum atomic E-state index is 12.6. The van der Waals surface area contributed by atoms with Crippen molar-refractivity contribution in [3.05, 3.63) is 29.8 Å². The summed E-state index contributed by atoms with van der Waals surface area (Å²) < 4.78 is 60.2. The molecule has 94 valence electrons. The maximum Gasteiger partial charge on any atom is 0.310 e. The van der Waals surface area contributed by atoms with Gasteiger partial charge >= 0.3 is 10.2 Å². The van der Waals surface area contributed by atoms with Crippen LogP contribution in [0.2, 0.25) is 0 Å². The Labute approximate surface area is 103 Å². The standard InChI is InChI=1S/C7H4Cl3F5S/c8-7(9,10)5-3-1-2-4-6(5)16(11,12,13,14)15/h1-4H. The number of hydrogen-bond acceptors (Lipinski definition) is 0. The van der Waals surface area contributed by atoms with Gasteiger partial charge in [0.1, 0.15) is 4.90 Å². The fraction of sp³-hybridized carbons (Fsp3) is 0.143. The molecule has 0 radical (unpaired) electrons. The highest BCUT2D eigenvalue weighted by Crippen LogP contribution is 3.02. The van der Waals surface area contributed by atoms with Crippen molar-refractivity contribution in [2.24, 2.45) is 0 Å². The first-order chi connectivity index (χ1) is 6.72. The van der Waals surface area contributed by atoms with Gasteiger partial charge in [-0.2, -0.15) is 0 Å². The third-order valence-corrected chi connectivity index (χ3v) is 3.41. The number of alkyl halides is 3. The van der Waals surface area contributed by atoms with Crippen molar-refractivity contribution >= 4 is 45.0 Å². The minimum atomic E-state index is -9.85. The van der Waals surface area contributed by atoms with E-state index in [9.17, 15) is 19.4 Å². The lowest BCUT2D eigenvalue weighted by atomic mass is 10.2. The van der Waals surface area contributed by atoms with Gasteiger partial charge in [-0.3, -0.25) is 0 Å². The molecule has 0 bridgehead atoms. The molecule has 0 saturated carbocycles. The Morgan fingerprint density at radius 1 is 0.875 bits per heavy atom. The summed E-state index contributed by atoms with van der Waals surface area (Å²) in [4.78, 5) is -2.18. The fourth-order valence-electron chi connectivity index (χ4n) is 1.04. The zero-order chi connectivity index (χ0) is 12.9. The van der Waals surface area contributed by atoms with E-state index in [1.165, 1.54) is 0 Å². The Kier molecular flexibility index (Phi) is 2.74. The molecule has 0 fully saturated rings. The Bertz CT molecular complexity index is 421. The minimum absolute atomic E-state index is 0.193. The third kappa shape index (κ3) is 3.29. The molecule has 0 atom stereocenters. The van der Waals surface area contributed by atoms with Gasteiger partial charge in [-0.25, -0.2) is 0 Å². The first-order valence-electron chi connectivity index (χ1n) is 3.62. The molecular weight excluding hydrogens is 317 g/mol. The SMILES string of the molecule is FS(F)(F)(F)(F)c1ccccc1C(Cl)(Cl)Cl. The molecule has 0 aliphatic carbocycles. The monoisotopic (exact) mass is 320 g/mol. The van der Waals surface area contributed by atoms with Crippen LogP contribution in [0.4, 0.5) is 19.4 Å². The lowest BCUT2D eigenvalue weighted by Crippen LogP contribution is -2.13. The summed E-state index contributed by atoms with van der Waals surface area (Å²) in [7, 11) is -9.85. The van der Waals surface area contributed by atoms with E-state index in [2.05, 4.69) is 0 Å². The quantitative estimate of drug-likeness (QED) is 0.428. The zero-order valence-corrected chi connectivity index (χ0v) is 10.3. The molecule has 0 aliphatic heterocycles. The van der Waals surface area contributed by atoms with Crippen molar-refractivity contribution in [2.75, 3.05) is 0 Å². The van der Waals surface area contributed by atoms with E-state index < -0.39 is 24.5 Å². The molecule has 0 aliphatic rings. The van der Waals surface area contributed by atoms with Crippen LogP contribution in [0.25, 0.3) is 0 Å². The topological polar surface area (TPSA) is 0 Å². The molecule has 0 aromatic heterocycles. The molecule has 0 N–H and O–H groups in total. The van der Waals surface area contributed by atoms with Gasteiger partial charge < -0.3 is 0 Å². The second-order valence-electron chi connectivity index (χ2n) is 2.96. The van der Waals surface area contributed by atoms with Crippen molar-refractivity contribution in [2.45, 2.75) is 8.69 Å². The molecule has 0 unspecified atom stereocenters. The molecule has 1 aromatic carbocycles. The van der Waals surface area contributed by atoms with Crippen LogP contribution in [0, 0.1) is 0 Å². The van der Waals surface area contributed by atoms with Crippen LogP contribution >= 0.6 is 45.0 Å². The van der Waals surface area contributed by atoms with Gasteiger partial charge in [0.25, 0.3) is 0 Å². The first-order valence-corrected chi connectivity index (χ1v) is 6.71. The van der Waals surface area contributed by atoms with Crippen molar-refractivity contribution < 1.29 is 19.4 Å². The number of halogens is 8. The molecule has 1 rings (SSSR count). The van der Waals surface area contributed by atoms with Gasteiger partial charge in [-0.15, -0.1) is 0 Å². The van der Waals surface area contributed by atoms with E-state index in [0.717, 1.165) is 12.1 Å². The molecular formula is C7H4Cl3F5S. The smallest absolute Gasteiger partial charge is 0.0936 e. The Hall–Kier alpha value is 0.0900. The van der Waals surface area contributed by atoms with Gasteiger partial charge in [0.2, 0.25) is 3.79 Å². The molecule has 1 aromatic rings. The lowest BCUT2D eigenvalue weighted by molar-refractivity contribution is 0.362. The van der Waals surface area contributed by atoms with Crippen molar-refractivity contribution in [1.29, 1.82) is 0 Å². The van der Waals surface area contributed by atoms with Crippen molar-refractivity contribution in [3.63, 3.8) is 0 Å². The summed E-state index contributed by atoms with van der Waals surface area (Å²) in [6.07, 6.45) is 0. The van der Waals surface area contributed by atoms with Gasteiger partial charge in [-0.05, 0) is 6.07 Å². The van der Waals surface area contributed by atoms with E-state index >= 15 is 0 Å². The lowest BCUT2D eigenvalue weighted by Gasteiger charge is -2.42. The second-order valence-corrected chi connectivity index (χ2v) is 7.62. The van der Waals surface area contributed by atoms with E-state index in [0.29, 0.717) is 6.07 Å². The van der Waals surface area contributed by atoms with Crippen LogP contribution in [-0.4, -0.2) is 0 Å². The van der Waals surface area contributed by atoms with E-state index in [-0.39, 0.29) is 6.07 Å². The zero-order valence-electron chi connectivity index (χ0n) is 7.24. The van der Waals surface area contributed by atoms with Crippen LogP contribution in [0.1, 0.15) is 5.56 Å². The first kappa shape index (κ1) is 14.2. The highest BCUT2D eigenvalue weighted by Gasteiger charge is 2.67. The molecule has 16 heavy (non-hydrogen) atoms. The van der Waals surface area contributed by atoms with Gasteiger partial charge in [-0.1, -0.05) is 72.4 Å². The minimum Gasteiger partial charge on any atom is -0.0936 e. The molecule has 9 heteroatoms. The second kappa shape index (κ2) is 3.10. The molecule has 0 saturated heterocycles. The van der Waals surface area contributed by atoms with Gasteiger partial charge in [0, 0.05) is 5.56 Å². The molecule has 0 spiro atoms. The predicted molar refractivity (Wildman–Crippen MR) is 57.1 cm³/mol. The Balaban J connectivity index is 3.62. The summed E-state index contributed by atoms with van der Waals surface area (Å²) in [6, 6.07) is 2.76. The average molecular weight is 322 g/mol. The van der Waals surface area contributed by atoms with Crippen LogP contribution in [-0.2, 0) is 3.79 Å². The molecule has 0 heterocycles. The summed E-state index contributed by atoms with van der Waals surface area (Å²) in [5.74, 6) is 0. The van der Waals surface area contributed by atoms with Gasteiger partial charge in [0.15, 0.2) is 0 Å². The molecule has 0 amide bonds. The van der Waals surface area contributed by atoms with E-state index in [1.54, 1.807) is 0 Å². The fourth-order valence-corrected chi connectivity index (χ4v) is 2.67. The third-order valence-electron chi connectivity index (χ3n) is 1.61. The van der Waals surface area contributed by atoms with Crippen LogP contribution in [0.5, 0.6) is 0 Å². The van der Waals surface area contributed by atoms with Crippen LogP contribution < -0.4 is 0 Å². The normalized spacial score (nSPS) is 17.8. The number of benzene rings is 1. The van der Waals surface area contributed by atoms with E-state index in [1.807, 2.05) is 0 Å².